The predicted molar refractivity (Wildman–Crippen MR) is 77.7 cm³/mol. The Bertz CT molecular complexity index is 724. The van der Waals surface area contributed by atoms with Crippen molar-refractivity contribution in [2.75, 3.05) is 0 Å². The number of rotatable bonds is 2. The second-order valence-corrected chi connectivity index (χ2v) is 5.04. The highest BCUT2D eigenvalue weighted by Gasteiger charge is 2.13. The van der Waals surface area contributed by atoms with Crippen LogP contribution in [0.15, 0.2) is 60.7 Å². The van der Waals surface area contributed by atoms with E-state index in [1.807, 2.05) is 60.7 Å². The third-order valence-corrected chi connectivity index (χ3v) is 3.81. The van der Waals surface area contributed by atoms with E-state index in [-0.39, 0.29) is 0 Å². The minimum atomic E-state index is 0.657. The zero-order valence-corrected chi connectivity index (χ0v) is 10.9. The first kappa shape index (κ1) is 11.6. The van der Waals surface area contributed by atoms with Crippen LogP contribution >= 0.6 is 11.3 Å². The number of thiazole rings is 1. The van der Waals surface area contributed by atoms with Crippen LogP contribution in [0.1, 0.15) is 4.88 Å². The number of nitriles is 1. The minimum Gasteiger partial charge on any atom is -0.235 e. The van der Waals surface area contributed by atoms with Gasteiger partial charge in [0.25, 0.3) is 0 Å². The van der Waals surface area contributed by atoms with Crippen molar-refractivity contribution in [2.45, 2.75) is 0 Å². The topological polar surface area (TPSA) is 36.7 Å². The maximum atomic E-state index is 9.26. The molecule has 19 heavy (non-hydrogen) atoms. The molecule has 0 amide bonds. The van der Waals surface area contributed by atoms with Crippen LogP contribution in [-0.2, 0) is 0 Å². The van der Waals surface area contributed by atoms with Crippen LogP contribution in [-0.4, -0.2) is 4.98 Å². The van der Waals surface area contributed by atoms with Gasteiger partial charge in [-0.05, 0) is 0 Å². The van der Waals surface area contributed by atoms with Crippen LogP contribution in [0.3, 0.4) is 0 Å². The third-order valence-electron chi connectivity index (χ3n) is 2.80. The Labute approximate surface area is 115 Å². The van der Waals surface area contributed by atoms with Crippen molar-refractivity contribution < 1.29 is 0 Å². The Kier molecular flexibility index (Phi) is 3.09. The summed E-state index contributed by atoms with van der Waals surface area (Å²) in [6.45, 7) is 0. The van der Waals surface area contributed by atoms with Gasteiger partial charge in [-0.15, -0.1) is 11.3 Å². The molecule has 0 N–H and O–H groups in total. The molecule has 2 aromatic carbocycles. The Morgan fingerprint density at radius 3 is 2.00 bits per heavy atom. The fraction of sp³-hybridized carbons (Fsp3) is 0. The van der Waals surface area contributed by atoms with Gasteiger partial charge in [-0.3, -0.25) is 0 Å². The molecule has 0 bridgehead atoms. The Hall–Kier alpha value is -2.44. The lowest BCUT2D eigenvalue weighted by atomic mass is 10.1. The minimum absolute atomic E-state index is 0.657. The molecule has 0 spiro atoms. The summed E-state index contributed by atoms with van der Waals surface area (Å²) in [7, 11) is 0. The summed E-state index contributed by atoms with van der Waals surface area (Å²) in [5, 5.41) is 10.1. The van der Waals surface area contributed by atoms with E-state index in [0.717, 1.165) is 21.8 Å². The first-order valence-corrected chi connectivity index (χ1v) is 6.72. The van der Waals surface area contributed by atoms with Gasteiger partial charge in [-0.25, -0.2) is 4.98 Å². The van der Waals surface area contributed by atoms with E-state index in [9.17, 15) is 5.26 Å². The van der Waals surface area contributed by atoms with E-state index in [2.05, 4.69) is 11.1 Å². The Balaban J connectivity index is 2.13. The summed E-state index contributed by atoms with van der Waals surface area (Å²) in [6, 6.07) is 22.0. The summed E-state index contributed by atoms with van der Waals surface area (Å²) in [4.78, 5) is 5.28. The van der Waals surface area contributed by atoms with Crippen molar-refractivity contribution in [3.63, 3.8) is 0 Å². The van der Waals surface area contributed by atoms with E-state index in [0.29, 0.717) is 4.88 Å². The van der Waals surface area contributed by atoms with Gasteiger partial charge in [0.15, 0.2) is 0 Å². The SMILES string of the molecule is N#Cc1sc(-c2ccccc2)nc1-c1ccccc1. The zero-order chi connectivity index (χ0) is 13.1. The maximum absolute atomic E-state index is 9.26. The van der Waals surface area contributed by atoms with E-state index >= 15 is 0 Å². The lowest BCUT2D eigenvalue weighted by Crippen LogP contribution is -1.81. The first-order chi connectivity index (χ1) is 9.38. The normalized spacial score (nSPS) is 10.1. The number of hydrogen-bond donors (Lipinski definition) is 0. The standard InChI is InChI=1S/C16H10N2S/c17-11-14-15(12-7-3-1-4-8-12)18-16(19-14)13-9-5-2-6-10-13/h1-10H. The van der Waals surface area contributed by atoms with Crippen LogP contribution in [0.2, 0.25) is 0 Å². The highest BCUT2D eigenvalue weighted by Crippen LogP contribution is 2.32. The fourth-order valence-corrected chi connectivity index (χ4v) is 2.78. The molecule has 0 aliphatic rings. The Morgan fingerprint density at radius 2 is 1.42 bits per heavy atom. The highest BCUT2D eigenvalue weighted by atomic mass is 32.1. The average molecular weight is 262 g/mol. The number of benzene rings is 2. The van der Waals surface area contributed by atoms with Crippen LogP contribution in [0, 0.1) is 11.3 Å². The fourth-order valence-electron chi connectivity index (χ4n) is 1.89. The lowest BCUT2D eigenvalue weighted by molar-refractivity contribution is 1.39. The predicted octanol–water partition coefficient (Wildman–Crippen LogP) is 4.35. The number of nitrogens with zero attached hydrogens (tertiary/aromatic N) is 2. The third kappa shape index (κ3) is 2.26. The zero-order valence-electron chi connectivity index (χ0n) is 10.1. The molecule has 0 saturated heterocycles. The molecule has 0 aliphatic carbocycles. The lowest BCUT2D eigenvalue weighted by Gasteiger charge is -1.96. The van der Waals surface area contributed by atoms with Gasteiger partial charge in [-0.1, -0.05) is 60.7 Å². The molecule has 1 heterocycles. The number of hydrogen-bond acceptors (Lipinski definition) is 3. The average Bonchev–Trinajstić information content (AvgIpc) is 2.93. The van der Waals surface area contributed by atoms with Crippen molar-refractivity contribution >= 4 is 11.3 Å². The van der Waals surface area contributed by atoms with Crippen molar-refractivity contribution in [2.24, 2.45) is 0 Å². The first-order valence-electron chi connectivity index (χ1n) is 5.90. The molecule has 3 heteroatoms. The van der Waals surface area contributed by atoms with Gasteiger partial charge in [0, 0.05) is 11.1 Å². The summed E-state index contributed by atoms with van der Waals surface area (Å²) >= 11 is 1.44. The molecule has 0 unspecified atom stereocenters. The van der Waals surface area contributed by atoms with Gasteiger partial charge < -0.3 is 0 Å². The van der Waals surface area contributed by atoms with Gasteiger partial charge in [0.05, 0.1) is 5.69 Å². The molecule has 0 atom stereocenters. The smallest absolute Gasteiger partial charge is 0.133 e. The molecule has 0 fully saturated rings. The summed E-state index contributed by atoms with van der Waals surface area (Å²) in [6.07, 6.45) is 0. The van der Waals surface area contributed by atoms with Gasteiger partial charge in [0.2, 0.25) is 0 Å². The highest BCUT2D eigenvalue weighted by molar-refractivity contribution is 7.16. The molecule has 90 valence electrons. The molecule has 3 rings (SSSR count). The maximum Gasteiger partial charge on any atom is 0.133 e. The molecule has 3 aromatic rings. The summed E-state index contributed by atoms with van der Waals surface area (Å²) < 4.78 is 0. The van der Waals surface area contributed by atoms with E-state index < -0.39 is 0 Å². The van der Waals surface area contributed by atoms with Crippen molar-refractivity contribution in [3.8, 4) is 27.9 Å². The van der Waals surface area contributed by atoms with Crippen molar-refractivity contribution in [1.29, 1.82) is 5.26 Å². The van der Waals surface area contributed by atoms with Crippen LogP contribution in [0.4, 0.5) is 0 Å². The van der Waals surface area contributed by atoms with Crippen molar-refractivity contribution in [3.05, 3.63) is 65.5 Å². The molecule has 0 saturated carbocycles. The van der Waals surface area contributed by atoms with E-state index in [1.54, 1.807) is 0 Å². The second-order valence-electron chi connectivity index (χ2n) is 4.04. The molecular formula is C16H10N2S. The van der Waals surface area contributed by atoms with E-state index in [4.69, 9.17) is 0 Å². The van der Waals surface area contributed by atoms with Crippen molar-refractivity contribution in [1.82, 2.24) is 4.98 Å². The number of aromatic nitrogens is 1. The molecule has 2 nitrogen and oxygen atoms in total. The summed E-state index contributed by atoms with van der Waals surface area (Å²) in [5.41, 5.74) is 2.80. The monoisotopic (exact) mass is 262 g/mol. The Morgan fingerprint density at radius 1 is 0.842 bits per heavy atom. The quantitative estimate of drug-likeness (QED) is 0.688. The second kappa shape index (κ2) is 5.05. The van der Waals surface area contributed by atoms with Crippen LogP contribution in [0.5, 0.6) is 0 Å². The van der Waals surface area contributed by atoms with Crippen LogP contribution < -0.4 is 0 Å². The molecule has 0 aliphatic heterocycles. The molecule has 0 radical (unpaired) electrons. The molecular weight excluding hydrogens is 252 g/mol. The molecule has 1 aromatic heterocycles. The van der Waals surface area contributed by atoms with Gasteiger partial charge in [-0.2, -0.15) is 5.26 Å². The van der Waals surface area contributed by atoms with E-state index in [1.165, 1.54) is 11.3 Å². The largest absolute Gasteiger partial charge is 0.235 e. The van der Waals surface area contributed by atoms with Gasteiger partial charge in [0.1, 0.15) is 16.0 Å². The van der Waals surface area contributed by atoms with Gasteiger partial charge >= 0.3 is 0 Å². The van der Waals surface area contributed by atoms with Crippen LogP contribution in [0.25, 0.3) is 21.8 Å². The summed E-state index contributed by atoms with van der Waals surface area (Å²) in [5.74, 6) is 0.